The molecule has 1 heteroatoms. The van der Waals surface area contributed by atoms with Crippen LogP contribution in [0.3, 0.4) is 0 Å². The number of benzene rings is 4. The Labute approximate surface area is 192 Å². The van der Waals surface area contributed by atoms with Gasteiger partial charge in [0.2, 0.25) is 0 Å². The number of rotatable bonds is 2. The van der Waals surface area contributed by atoms with Crippen molar-refractivity contribution in [3.8, 4) is 22.3 Å². The molecule has 0 atom stereocenters. The third-order valence-electron chi connectivity index (χ3n) is 6.71. The minimum atomic E-state index is -0.0908. The van der Waals surface area contributed by atoms with Crippen molar-refractivity contribution >= 4 is 11.4 Å². The molecule has 0 unspecified atom stereocenters. The summed E-state index contributed by atoms with van der Waals surface area (Å²) in [4.78, 5) is 2.53. The quantitative estimate of drug-likeness (QED) is 0.315. The van der Waals surface area contributed by atoms with Gasteiger partial charge in [0, 0.05) is 22.3 Å². The van der Waals surface area contributed by atoms with Crippen LogP contribution in [-0.2, 0) is 5.41 Å². The Balaban J connectivity index is 1.73. The average Bonchev–Trinajstić information content (AvgIpc) is 2.79. The summed E-state index contributed by atoms with van der Waals surface area (Å²) in [5.41, 5.74) is 10.3. The molecule has 4 aromatic carbocycles. The number of hydrogen-bond acceptors (Lipinski definition) is 1. The zero-order valence-corrected chi connectivity index (χ0v) is 19.7. The third kappa shape index (κ3) is 3.33. The van der Waals surface area contributed by atoms with Crippen molar-refractivity contribution in [2.75, 3.05) is 4.90 Å². The molecule has 0 spiro atoms. The van der Waals surface area contributed by atoms with Gasteiger partial charge < -0.3 is 4.90 Å². The fourth-order valence-electron chi connectivity index (χ4n) is 5.09. The second-order valence-corrected chi connectivity index (χ2v) is 10.3. The Morgan fingerprint density at radius 1 is 0.531 bits per heavy atom. The summed E-state index contributed by atoms with van der Waals surface area (Å²) in [6.45, 7) is 11.6. The lowest BCUT2D eigenvalue weighted by molar-refractivity contribution is 0.530. The Hall–Kier alpha value is -3.32. The summed E-state index contributed by atoms with van der Waals surface area (Å²) in [6, 6.07) is 35.4. The van der Waals surface area contributed by atoms with Gasteiger partial charge in [-0.15, -0.1) is 0 Å². The summed E-state index contributed by atoms with van der Waals surface area (Å²) in [5.74, 6) is 0. The van der Waals surface area contributed by atoms with Crippen molar-refractivity contribution in [1.82, 2.24) is 0 Å². The molecule has 1 aliphatic rings. The van der Waals surface area contributed by atoms with E-state index < -0.39 is 0 Å². The Kier molecular flexibility index (Phi) is 4.74. The van der Waals surface area contributed by atoms with Gasteiger partial charge in [-0.05, 0) is 72.4 Å². The second kappa shape index (κ2) is 7.38. The molecule has 0 amide bonds. The molecule has 0 aliphatic carbocycles. The summed E-state index contributed by atoms with van der Waals surface area (Å²) < 4.78 is 0. The van der Waals surface area contributed by atoms with Gasteiger partial charge in [0.25, 0.3) is 0 Å². The van der Waals surface area contributed by atoms with Crippen molar-refractivity contribution in [1.29, 1.82) is 0 Å². The molecule has 1 heterocycles. The molecular formula is C31H31N. The van der Waals surface area contributed by atoms with Crippen molar-refractivity contribution in [3.63, 3.8) is 0 Å². The molecule has 1 nitrogen and oxygen atoms in total. The number of anilines is 2. The Morgan fingerprint density at radius 2 is 1.06 bits per heavy atom. The molecule has 1 aliphatic heterocycles. The van der Waals surface area contributed by atoms with Crippen LogP contribution in [0.2, 0.25) is 0 Å². The van der Waals surface area contributed by atoms with E-state index in [-0.39, 0.29) is 11.0 Å². The van der Waals surface area contributed by atoms with Crippen LogP contribution in [0, 0.1) is 0 Å². The van der Waals surface area contributed by atoms with E-state index in [1.165, 1.54) is 44.8 Å². The molecule has 160 valence electrons. The third-order valence-corrected chi connectivity index (χ3v) is 6.71. The molecule has 32 heavy (non-hydrogen) atoms. The van der Waals surface area contributed by atoms with Gasteiger partial charge in [-0.25, -0.2) is 0 Å². The number of hydrogen-bond donors (Lipinski definition) is 0. The van der Waals surface area contributed by atoms with Crippen molar-refractivity contribution < 1.29 is 0 Å². The fourth-order valence-corrected chi connectivity index (χ4v) is 5.09. The largest absolute Gasteiger partial charge is 0.336 e. The van der Waals surface area contributed by atoms with E-state index >= 15 is 0 Å². The zero-order chi connectivity index (χ0) is 22.5. The maximum Gasteiger partial charge on any atom is 0.0463 e. The van der Waals surface area contributed by atoms with Gasteiger partial charge in [-0.2, -0.15) is 0 Å². The summed E-state index contributed by atoms with van der Waals surface area (Å²) in [7, 11) is 0. The minimum absolute atomic E-state index is 0.0520. The lowest BCUT2D eigenvalue weighted by atomic mass is 9.71. The lowest BCUT2D eigenvalue weighted by Gasteiger charge is -2.48. The SMILES string of the molecule is CC1(C)c2ccc(-c3ccccc3)cc2N(C(C)(C)C)c2ccc(-c3ccccc3)cc21. The maximum absolute atomic E-state index is 2.53. The van der Waals surface area contributed by atoms with E-state index in [2.05, 4.69) is 137 Å². The number of fused-ring (bicyclic) bond motifs is 2. The van der Waals surface area contributed by atoms with Crippen LogP contribution in [0.25, 0.3) is 22.3 Å². The summed E-state index contributed by atoms with van der Waals surface area (Å²) >= 11 is 0. The highest BCUT2D eigenvalue weighted by atomic mass is 15.2. The molecule has 0 fully saturated rings. The molecule has 0 aromatic heterocycles. The standard InChI is InChI=1S/C31H31N/c1-30(2,3)32-28-19-17-24(22-12-8-6-9-13-22)20-27(28)31(4,5)26-18-16-25(21-29(26)32)23-14-10-7-11-15-23/h6-21H,1-5H3. The van der Waals surface area contributed by atoms with Crippen molar-refractivity contribution in [3.05, 3.63) is 108 Å². The first-order valence-corrected chi connectivity index (χ1v) is 11.5. The van der Waals surface area contributed by atoms with Gasteiger partial charge in [0.05, 0.1) is 0 Å². The van der Waals surface area contributed by atoms with Gasteiger partial charge in [0.1, 0.15) is 0 Å². The van der Waals surface area contributed by atoms with E-state index in [4.69, 9.17) is 0 Å². The molecule has 0 bridgehead atoms. The first-order valence-electron chi connectivity index (χ1n) is 11.5. The van der Waals surface area contributed by atoms with Crippen LogP contribution >= 0.6 is 0 Å². The van der Waals surface area contributed by atoms with E-state index in [0.29, 0.717) is 0 Å². The first-order chi connectivity index (χ1) is 15.3. The second-order valence-electron chi connectivity index (χ2n) is 10.3. The summed E-state index contributed by atoms with van der Waals surface area (Å²) in [5, 5.41) is 0. The fraction of sp³-hybridized carbons (Fsp3) is 0.226. The molecule has 4 aromatic rings. The normalized spacial score (nSPS) is 14.6. The van der Waals surface area contributed by atoms with Crippen LogP contribution in [-0.4, -0.2) is 5.54 Å². The summed E-state index contributed by atoms with van der Waals surface area (Å²) in [6.07, 6.45) is 0. The van der Waals surface area contributed by atoms with Crippen LogP contribution < -0.4 is 4.90 Å². The van der Waals surface area contributed by atoms with Crippen LogP contribution in [0.1, 0.15) is 45.7 Å². The van der Waals surface area contributed by atoms with Crippen molar-refractivity contribution in [2.45, 2.75) is 45.6 Å². The molecule has 0 radical (unpaired) electrons. The lowest BCUT2D eigenvalue weighted by Crippen LogP contribution is -2.43. The van der Waals surface area contributed by atoms with E-state index in [1.54, 1.807) is 0 Å². The first kappa shape index (κ1) is 20.6. The smallest absolute Gasteiger partial charge is 0.0463 e. The molecule has 0 N–H and O–H groups in total. The predicted octanol–water partition coefficient (Wildman–Crippen LogP) is 8.60. The topological polar surface area (TPSA) is 3.24 Å². The van der Waals surface area contributed by atoms with E-state index in [1.807, 2.05) is 0 Å². The highest BCUT2D eigenvalue weighted by Gasteiger charge is 2.40. The van der Waals surface area contributed by atoms with Crippen molar-refractivity contribution in [2.24, 2.45) is 0 Å². The highest BCUT2D eigenvalue weighted by molar-refractivity contribution is 5.84. The highest BCUT2D eigenvalue weighted by Crippen LogP contribution is 2.52. The monoisotopic (exact) mass is 417 g/mol. The average molecular weight is 418 g/mol. The van der Waals surface area contributed by atoms with Gasteiger partial charge in [-0.3, -0.25) is 0 Å². The van der Waals surface area contributed by atoms with Crippen LogP contribution in [0.5, 0.6) is 0 Å². The van der Waals surface area contributed by atoms with Gasteiger partial charge >= 0.3 is 0 Å². The number of nitrogens with zero attached hydrogens (tertiary/aromatic N) is 1. The van der Waals surface area contributed by atoms with Crippen LogP contribution in [0.4, 0.5) is 11.4 Å². The molecule has 5 rings (SSSR count). The van der Waals surface area contributed by atoms with Crippen LogP contribution in [0.15, 0.2) is 97.1 Å². The molecule has 0 saturated carbocycles. The zero-order valence-electron chi connectivity index (χ0n) is 19.7. The Morgan fingerprint density at radius 3 is 1.62 bits per heavy atom. The van der Waals surface area contributed by atoms with E-state index in [9.17, 15) is 0 Å². The predicted molar refractivity (Wildman–Crippen MR) is 138 cm³/mol. The van der Waals surface area contributed by atoms with E-state index in [0.717, 1.165) is 0 Å². The Bertz CT molecular complexity index is 1260. The molecule has 0 saturated heterocycles. The van der Waals surface area contributed by atoms with Gasteiger partial charge in [0.15, 0.2) is 0 Å². The maximum atomic E-state index is 2.53. The minimum Gasteiger partial charge on any atom is -0.336 e. The molecular weight excluding hydrogens is 386 g/mol. The van der Waals surface area contributed by atoms with Gasteiger partial charge in [-0.1, -0.05) is 92.7 Å².